The van der Waals surface area contributed by atoms with Gasteiger partial charge in [0.1, 0.15) is 11.6 Å². The van der Waals surface area contributed by atoms with Crippen molar-refractivity contribution in [1.82, 2.24) is 14.8 Å². The topological polar surface area (TPSA) is 57.0 Å². The molecule has 0 amide bonds. The Bertz CT molecular complexity index is 1120. The molecule has 4 rings (SSSR count). The number of thioether (sulfide) groups is 1. The van der Waals surface area contributed by atoms with Gasteiger partial charge in [0.25, 0.3) is 0 Å². The van der Waals surface area contributed by atoms with Gasteiger partial charge in [0.2, 0.25) is 0 Å². The monoisotopic (exact) mass is 449 g/mol. The van der Waals surface area contributed by atoms with Gasteiger partial charge in [-0.25, -0.2) is 0 Å². The van der Waals surface area contributed by atoms with Crippen LogP contribution in [0.4, 0.5) is 0 Å². The molecule has 0 saturated heterocycles. The Morgan fingerprint density at radius 2 is 1.94 bits per heavy atom. The van der Waals surface area contributed by atoms with Gasteiger partial charge in [-0.05, 0) is 35.6 Å². The van der Waals surface area contributed by atoms with Crippen molar-refractivity contribution in [3.05, 3.63) is 93.9 Å². The second-order valence-corrected chi connectivity index (χ2v) is 8.96. The van der Waals surface area contributed by atoms with Crippen LogP contribution in [-0.4, -0.2) is 33.4 Å². The van der Waals surface area contributed by atoms with Crippen LogP contribution in [0.25, 0.3) is 0 Å². The molecule has 0 bridgehead atoms. The van der Waals surface area contributed by atoms with E-state index < -0.39 is 0 Å². The van der Waals surface area contributed by atoms with Gasteiger partial charge >= 0.3 is 0 Å². The summed E-state index contributed by atoms with van der Waals surface area (Å²) in [5, 5.41) is 11.7. The molecular formula is C24H23N3O2S2. The zero-order valence-corrected chi connectivity index (χ0v) is 18.9. The summed E-state index contributed by atoms with van der Waals surface area (Å²) in [4.78, 5) is 14.0. The van der Waals surface area contributed by atoms with Crippen molar-refractivity contribution in [3.8, 4) is 5.75 Å². The molecule has 5 nitrogen and oxygen atoms in total. The van der Waals surface area contributed by atoms with Crippen molar-refractivity contribution in [2.45, 2.75) is 24.5 Å². The maximum absolute atomic E-state index is 12.7. The van der Waals surface area contributed by atoms with E-state index in [9.17, 15) is 4.79 Å². The van der Waals surface area contributed by atoms with Gasteiger partial charge in [-0.3, -0.25) is 4.79 Å². The van der Waals surface area contributed by atoms with Gasteiger partial charge in [-0.2, -0.15) is 0 Å². The van der Waals surface area contributed by atoms with E-state index in [0.717, 1.165) is 30.4 Å². The van der Waals surface area contributed by atoms with Gasteiger partial charge in [0.15, 0.2) is 10.9 Å². The van der Waals surface area contributed by atoms with Crippen LogP contribution < -0.4 is 4.74 Å². The molecule has 0 saturated carbocycles. The number of carbonyl (C=O) groups excluding carboxylic acids is 1. The molecule has 0 fully saturated rings. The van der Waals surface area contributed by atoms with E-state index in [1.54, 1.807) is 24.5 Å². The normalized spacial score (nSPS) is 10.9. The van der Waals surface area contributed by atoms with Crippen LogP contribution in [0.1, 0.15) is 26.6 Å². The molecular weight excluding hydrogens is 426 g/mol. The molecule has 2 heterocycles. The summed E-state index contributed by atoms with van der Waals surface area (Å²) in [6.07, 6.45) is 1.62. The summed E-state index contributed by atoms with van der Waals surface area (Å²) >= 11 is 3.15. The molecule has 0 unspecified atom stereocenters. The van der Waals surface area contributed by atoms with E-state index in [0.29, 0.717) is 17.1 Å². The summed E-state index contributed by atoms with van der Waals surface area (Å²) in [7, 11) is 1.60. The summed E-state index contributed by atoms with van der Waals surface area (Å²) in [6, 6.07) is 21.8. The van der Waals surface area contributed by atoms with E-state index in [2.05, 4.69) is 50.5 Å². The second-order valence-electron chi connectivity index (χ2n) is 6.99. The van der Waals surface area contributed by atoms with E-state index >= 15 is 0 Å². The fraction of sp³-hybridized carbons (Fsp3) is 0.208. The average Bonchev–Trinajstić information content (AvgIpc) is 3.47. The number of Topliss-reactive ketones (excluding diaryl/α,β-unsaturated/α-hetero) is 1. The smallest absolute Gasteiger partial charge is 0.191 e. The van der Waals surface area contributed by atoms with Gasteiger partial charge in [-0.1, -0.05) is 60.3 Å². The van der Waals surface area contributed by atoms with Crippen LogP contribution in [0.3, 0.4) is 0 Å². The first-order valence-corrected chi connectivity index (χ1v) is 11.9. The number of aromatic nitrogens is 3. The van der Waals surface area contributed by atoms with Crippen molar-refractivity contribution < 1.29 is 9.53 Å². The van der Waals surface area contributed by atoms with Crippen molar-refractivity contribution in [2.75, 3.05) is 12.9 Å². The molecule has 0 N–H and O–H groups in total. The third-order valence-electron chi connectivity index (χ3n) is 4.90. The Kier molecular flexibility index (Phi) is 7.17. The predicted octanol–water partition coefficient (Wildman–Crippen LogP) is 5.16. The number of aryl methyl sites for hydroxylation is 1. The van der Waals surface area contributed by atoms with Gasteiger partial charge in [0, 0.05) is 23.4 Å². The quantitative estimate of drug-likeness (QED) is 0.247. The highest BCUT2D eigenvalue weighted by Crippen LogP contribution is 2.23. The number of nitrogens with zero attached hydrogens (tertiary/aromatic N) is 3. The first-order valence-electron chi connectivity index (χ1n) is 10.0. The number of methoxy groups -OCH3 is 1. The lowest BCUT2D eigenvalue weighted by molar-refractivity contribution is 0.102. The van der Waals surface area contributed by atoms with E-state index in [-0.39, 0.29) is 5.78 Å². The number of ether oxygens (including phenoxy) is 1. The highest BCUT2D eigenvalue weighted by atomic mass is 32.2. The van der Waals surface area contributed by atoms with Crippen LogP contribution in [0.5, 0.6) is 5.75 Å². The first-order chi connectivity index (χ1) is 15.2. The molecule has 2 aromatic heterocycles. The minimum atomic E-state index is 0.0429. The Morgan fingerprint density at radius 3 is 2.71 bits per heavy atom. The average molecular weight is 450 g/mol. The molecule has 31 heavy (non-hydrogen) atoms. The largest absolute Gasteiger partial charge is 0.497 e. The minimum Gasteiger partial charge on any atom is -0.497 e. The number of benzene rings is 2. The van der Waals surface area contributed by atoms with Gasteiger partial charge < -0.3 is 9.30 Å². The summed E-state index contributed by atoms with van der Waals surface area (Å²) < 4.78 is 7.38. The molecule has 4 aromatic rings. The number of thiophene rings is 1. The fourth-order valence-electron chi connectivity index (χ4n) is 3.25. The van der Waals surface area contributed by atoms with Crippen LogP contribution in [0.2, 0.25) is 0 Å². The molecule has 0 aliphatic heterocycles. The first kappa shape index (κ1) is 21.3. The van der Waals surface area contributed by atoms with E-state index in [4.69, 9.17) is 4.74 Å². The molecule has 0 spiro atoms. The molecule has 0 atom stereocenters. The van der Waals surface area contributed by atoms with Crippen molar-refractivity contribution in [1.29, 1.82) is 0 Å². The van der Waals surface area contributed by atoms with Crippen LogP contribution >= 0.6 is 23.1 Å². The maximum Gasteiger partial charge on any atom is 0.191 e. The van der Waals surface area contributed by atoms with Crippen LogP contribution in [-0.2, 0) is 19.4 Å². The third kappa shape index (κ3) is 5.62. The number of hydrogen-bond donors (Lipinski definition) is 0. The van der Waals surface area contributed by atoms with Gasteiger partial charge in [-0.15, -0.1) is 21.5 Å². The highest BCUT2D eigenvalue weighted by molar-refractivity contribution is 7.99. The molecule has 7 heteroatoms. The van der Waals surface area contributed by atoms with Gasteiger partial charge in [0.05, 0.1) is 12.9 Å². The zero-order valence-electron chi connectivity index (χ0n) is 17.2. The second kappa shape index (κ2) is 10.4. The lowest BCUT2D eigenvalue weighted by atomic mass is 10.1. The summed E-state index contributed by atoms with van der Waals surface area (Å²) in [5.74, 6) is 1.95. The number of hydrogen-bond acceptors (Lipinski definition) is 6. The lowest BCUT2D eigenvalue weighted by Crippen LogP contribution is -2.09. The standard InChI is InChI=1S/C24H23N3O2S2/c1-29-20-10-5-9-19(15-20)22(28)17-31-24-26-25-23(16-21-11-6-14-30-21)27(24)13-12-18-7-3-2-4-8-18/h2-11,14-15H,12-13,16-17H2,1H3. The fourth-order valence-corrected chi connectivity index (χ4v) is 4.83. The maximum atomic E-state index is 12.7. The van der Waals surface area contributed by atoms with Crippen LogP contribution in [0, 0.1) is 0 Å². The van der Waals surface area contributed by atoms with E-state index in [1.807, 2.05) is 30.3 Å². The molecule has 2 aromatic carbocycles. The Labute approximate surface area is 190 Å². The van der Waals surface area contributed by atoms with Crippen molar-refractivity contribution in [3.63, 3.8) is 0 Å². The molecule has 0 radical (unpaired) electrons. The third-order valence-corrected chi connectivity index (χ3v) is 6.74. The number of rotatable bonds is 10. The van der Waals surface area contributed by atoms with Crippen molar-refractivity contribution in [2.24, 2.45) is 0 Å². The SMILES string of the molecule is COc1cccc(C(=O)CSc2nnc(Cc3cccs3)n2CCc2ccccc2)c1. The van der Waals surface area contributed by atoms with Crippen LogP contribution in [0.15, 0.2) is 77.3 Å². The predicted molar refractivity (Wildman–Crippen MR) is 125 cm³/mol. The van der Waals surface area contributed by atoms with Crippen molar-refractivity contribution >= 4 is 28.9 Å². The molecule has 0 aliphatic rings. The Balaban J connectivity index is 1.50. The summed E-state index contributed by atoms with van der Waals surface area (Å²) in [6.45, 7) is 0.771. The van der Waals surface area contributed by atoms with E-state index in [1.165, 1.54) is 22.2 Å². The zero-order chi connectivity index (χ0) is 21.5. The Morgan fingerprint density at radius 1 is 1.06 bits per heavy atom. The minimum absolute atomic E-state index is 0.0429. The summed E-state index contributed by atoms with van der Waals surface area (Å²) in [5.41, 5.74) is 1.91. The molecule has 158 valence electrons. The Hall–Kier alpha value is -2.90. The lowest BCUT2D eigenvalue weighted by Gasteiger charge is -2.10. The number of ketones is 1. The highest BCUT2D eigenvalue weighted by Gasteiger charge is 2.16. The molecule has 0 aliphatic carbocycles. The number of carbonyl (C=O) groups is 1.